The van der Waals surface area contributed by atoms with Gasteiger partial charge in [-0.25, -0.2) is 4.98 Å². The minimum Gasteiger partial charge on any atom is -0.457 e. The Morgan fingerprint density at radius 2 is 1.50 bits per heavy atom. The van der Waals surface area contributed by atoms with Gasteiger partial charge in [-0.1, -0.05) is 48.5 Å². The molecule has 34 heavy (non-hydrogen) atoms. The van der Waals surface area contributed by atoms with E-state index in [1.807, 2.05) is 66.7 Å². The van der Waals surface area contributed by atoms with E-state index in [-0.39, 0.29) is 5.56 Å². The number of ether oxygens (including phenoxy) is 1. The quantitative estimate of drug-likeness (QED) is 0.374. The lowest BCUT2D eigenvalue weighted by Gasteiger charge is -2.13. The number of hydrogen-bond acceptors (Lipinski definition) is 4. The van der Waals surface area contributed by atoms with Crippen molar-refractivity contribution in [3.63, 3.8) is 0 Å². The second-order valence-electron chi connectivity index (χ2n) is 7.74. The van der Waals surface area contributed by atoms with Crippen molar-refractivity contribution in [2.45, 2.75) is 6.54 Å². The standard InChI is InChI=1S/C28H21N3O3/c32-27(30-22-13-15-24(16-14-22)34-23-11-5-2-6-12-23)25-18-21-10-7-17-29-26(21)31(28(25)33)19-20-8-3-1-4-9-20/h1-18H,19H2,(H,30,32). The van der Waals surface area contributed by atoms with Gasteiger partial charge >= 0.3 is 0 Å². The number of fused-ring (bicyclic) bond motifs is 1. The molecule has 0 spiro atoms. The van der Waals surface area contributed by atoms with Crippen molar-refractivity contribution in [3.8, 4) is 11.5 Å². The maximum Gasteiger partial charge on any atom is 0.265 e. The predicted molar refractivity (Wildman–Crippen MR) is 132 cm³/mol. The number of carbonyl (C=O) groups excluding carboxylic acids is 1. The smallest absolute Gasteiger partial charge is 0.265 e. The molecule has 0 aliphatic rings. The second kappa shape index (κ2) is 9.42. The molecule has 2 heterocycles. The van der Waals surface area contributed by atoms with Gasteiger partial charge in [0.05, 0.1) is 6.54 Å². The summed E-state index contributed by atoms with van der Waals surface area (Å²) in [7, 11) is 0. The fraction of sp³-hybridized carbons (Fsp3) is 0.0357. The van der Waals surface area contributed by atoms with Gasteiger partial charge < -0.3 is 10.1 Å². The van der Waals surface area contributed by atoms with Crippen molar-refractivity contribution in [2.24, 2.45) is 0 Å². The van der Waals surface area contributed by atoms with Crippen molar-refractivity contribution in [1.82, 2.24) is 9.55 Å². The molecule has 0 aliphatic carbocycles. The average Bonchev–Trinajstić information content (AvgIpc) is 2.88. The van der Waals surface area contributed by atoms with Crippen LogP contribution in [0.1, 0.15) is 15.9 Å². The average molecular weight is 447 g/mol. The van der Waals surface area contributed by atoms with Crippen molar-refractivity contribution >= 4 is 22.6 Å². The van der Waals surface area contributed by atoms with E-state index in [9.17, 15) is 9.59 Å². The summed E-state index contributed by atoms with van der Waals surface area (Å²) >= 11 is 0. The summed E-state index contributed by atoms with van der Waals surface area (Å²) in [6.45, 7) is 0.319. The lowest BCUT2D eigenvalue weighted by Crippen LogP contribution is -2.30. The highest BCUT2D eigenvalue weighted by Crippen LogP contribution is 2.23. The fourth-order valence-electron chi connectivity index (χ4n) is 3.71. The molecule has 1 N–H and O–H groups in total. The van der Waals surface area contributed by atoms with Gasteiger partial charge in [-0.05, 0) is 60.2 Å². The number of rotatable bonds is 6. The van der Waals surface area contributed by atoms with E-state index in [1.165, 1.54) is 4.57 Å². The Balaban J connectivity index is 1.42. The van der Waals surface area contributed by atoms with E-state index in [0.29, 0.717) is 23.6 Å². The first kappa shape index (κ1) is 21.2. The SMILES string of the molecule is O=C(Nc1ccc(Oc2ccccc2)cc1)c1cc2cccnc2n(Cc2ccccc2)c1=O. The van der Waals surface area contributed by atoms with E-state index >= 15 is 0 Å². The number of nitrogens with one attached hydrogen (secondary N) is 1. The number of hydrogen-bond donors (Lipinski definition) is 1. The second-order valence-corrected chi connectivity index (χ2v) is 7.74. The molecule has 2 aromatic heterocycles. The van der Waals surface area contributed by atoms with Gasteiger partial charge in [0.2, 0.25) is 0 Å². The van der Waals surface area contributed by atoms with Gasteiger partial charge in [0, 0.05) is 17.3 Å². The molecule has 0 fully saturated rings. The van der Waals surface area contributed by atoms with E-state index in [1.54, 1.807) is 42.6 Å². The third kappa shape index (κ3) is 4.56. The molecule has 0 saturated carbocycles. The summed E-state index contributed by atoms with van der Waals surface area (Å²) in [5.41, 5.74) is 1.71. The fourth-order valence-corrected chi connectivity index (χ4v) is 3.71. The van der Waals surface area contributed by atoms with Crippen LogP contribution < -0.4 is 15.6 Å². The summed E-state index contributed by atoms with van der Waals surface area (Å²) < 4.78 is 7.33. The molecule has 3 aromatic carbocycles. The molecule has 5 rings (SSSR count). The highest BCUT2D eigenvalue weighted by molar-refractivity contribution is 6.05. The zero-order valence-corrected chi connectivity index (χ0v) is 18.2. The number of aromatic nitrogens is 2. The molecule has 0 unspecified atom stereocenters. The van der Waals surface area contributed by atoms with Crippen molar-refractivity contribution in [3.05, 3.63) is 131 Å². The molecule has 6 heteroatoms. The first-order valence-electron chi connectivity index (χ1n) is 10.8. The molecule has 0 atom stereocenters. The Hall–Kier alpha value is -4.71. The maximum absolute atomic E-state index is 13.3. The minimum atomic E-state index is -0.478. The number of para-hydroxylation sites is 1. The number of nitrogens with zero attached hydrogens (tertiary/aromatic N) is 2. The number of benzene rings is 3. The van der Waals surface area contributed by atoms with E-state index < -0.39 is 11.5 Å². The molecule has 0 aliphatic heterocycles. The highest BCUT2D eigenvalue weighted by atomic mass is 16.5. The molecule has 1 amide bonds. The Morgan fingerprint density at radius 1 is 0.824 bits per heavy atom. The van der Waals surface area contributed by atoms with Gasteiger partial charge in [0.1, 0.15) is 22.7 Å². The summed E-state index contributed by atoms with van der Waals surface area (Å²) in [5.74, 6) is 0.892. The predicted octanol–water partition coefficient (Wildman–Crippen LogP) is 5.49. The Bertz CT molecular complexity index is 1500. The van der Waals surface area contributed by atoms with Crippen molar-refractivity contribution < 1.29 is 9.53 Å². The van der Waals surface area contributed by atoms with Crippen LogP contribution in [0.4, 0.5) is 5.69 Å². The lowest BCUT2D eigenvalue weighted by atomic mass is 10.1. The van der Waals surface area contributed by atoms with Crippen LogP contribution in [0.3, 0.4) is 0 Å². The van der Waals surface area contributed by atoms with Gasteiger partial charge in [0.15, 0.2) is 0 Å². The minimum absolute atomic E-state index is 0.0565. The van der Waals surface area contributed by atoms with E-state index in [0.717, 1.165) is 16.7 Å². The van der Waals surface area contributed by atoms with Crippen molar-refractivity contribution in [1.29, 1.82) is 0 Å². The van der Waals surface area contributed by atoms with E-state index in [2.05, 4.69) is 10.3 Å². The zero-order valence-electron chi connectivity index (χ0n) is 18.2. The molecule has 0 bridgehead atoms. The third-order valence-corrected chi connectivity index (χ3v) is 5.37. The third-order valence-electron chi connectivity index (χ3n) is 5.37. The monoisotopic (exact) mass is 447 g/mol. The van der Waals surface area contributed by atoms with Crippen LogP contribution in [0.5, 0.6) is 11.5 Å². The van der Waals surface area contributed by atoms with Gasteiger partial charge in [0.25, 0.3) is 11.5 Å². The first-order chi connectivity index (χ1) is 16.7. The van der Waals surface area contributed by atoms with Gasteiger partial charge in [-0.15, -0.1) is 0 Å². The summed E-state index contributed by atoms with van der Waals surface area (Å²) in [5, 5.41) is 3.54. The van der Waals surface area contributed by atoms with Crippen LogP contribution in [0.2, 0.25) is 0 Å². The van der Waals surface area contributed by atoms with E-state index in [4.69, 9.17) is 4.74 Å². The van der Waals surface area contributed by atoms with Crippen LogP contribution in [0.25, 0.3) is 11.0 Å². The van der Waals surface area contributed by atoms with Crippen LogP contribution in [-0.2, 0) is 6.54 Å². The summed E-state index contributed by atoms with van der Waals surface area (Å²) in [6, 6.07) is 31.3. The molecule has 0 radical (unpaired) electrons. The Labute approximate surface area is 196 Å². The van der Waals surface area contributed by atoms with Crippen LogP contribution in [0.15, 0.2) is 114 Å². The number of anilines is 1. The summed E-state index contributed by atoms with van der Waals surface area (Å²) in [6.07, 6.45) is 1.64. The number of carbonyl (C=O) groups is 1. The first-order valence-corrected chi connectivity index (χ1v) is 10.8. The maximum atomic E-state index is 13.3. The van der Waals surface area contributed by atoms with Crippen LogP contribution in [0, 0.1) is 0 Å². The lowest BCUT2D eigenvalue weighted by molar-refractivity contribution is 0.102. The largest absolute Gasteiger partial charge is 0.457 e. The number of amides is 1. The highest BCUT2D eigenvalue weighted by Gasteiger charge is 2.17. The van der Waals surface area contributed by atoms with Gasteiger partial charge in [-0.3, -0.25) is 14.2 Å². The Morgan fingerprint density at radius 3 is 2.24 bits per heavy atom. The molecule has 6 nitrogen and oxygen atoms in total. The van der Waals surface area contributed by atoms with Crippen LogP contribution in [-0.4, -0.2) is 15.5 Å². The topological polar surface area (TPSA) is 73.2 Å². The van der Waals surface area contributed by atoms with Crippen LogP contribution >= 0.6 is 0 Å². The zero-order chi connectivity index (χ0) is 23.3. The van der Waals surface area contributed by atoms with Gasteiger partial charge in [-0.2, -0.15) is 0 Å². The Kier molecular flexibility index (Phi) is 5.86. The molecule has 5 aromatic rings. The molecular formula is C28H21N3O3. The molecular weight excluding hydrogens is 426 g/mol. The molecule has 166 valence electrons. The van der Waals surface area contributed by atoms with Crippen molar-refractivity contribution in [2.75, 3.05) is 5.32 Å². The number of pyridine rings is 2. The molecule has 0 saturated heterocycles. The summed E-state index contributed by atoms with van der Waals surface area (Å²) in [4.78, 5) is 30.8. The normalized spacial score (nSPS) is 10.7.